The fraction of sp³-hybridized carbons (Fsp3) is 0.417. The summed E-state index contributed by atoms with van der Waals surface area (Å²) in [6, 6.07) is 12.7. The van der Waals surface area contributed by atoms with Gasteiger partial charge in [-0.15, -0.1) is 0 Å². The molecule has 0 bridgehead atoms. The molecule has 0 heterocycles. The van der Waals surface area contributed by atoms with E-state index in [1.165, 1.54) is 24.3 Å². The van der Waals surface area contributed by atoms with E-state index in [9.17, 15) is 28.2 Å². The maximum Gasteiger partial charge on any atom is 0.240 e. The number of aliphatic hydroxyl groups excluding tert-OH is 2. The Kier molecular flexibility index (Phi) is 8.42. The standard InChI is InChI=1S/C24H31N3O6S/c1-3-22(30)26-17-8-10-19(11-9-17)34(32,33)25-14-18(28)12-15(2)24(31)27-23-20-7-5-4-6-16(20)13-21(23)29/h4-11,15,18,21,23,25,28-29H,3,12-14H2,1-2H3,(H,26,30)(H,27,31). The molecule has 0 fully saturated rings. The Bertz CT molecular complexity index is 1120. The minimum absolute atomic E-state index is 0.00567. The maximum absolute atomic E-state index is 12.6. The van der Waals surface area contributed by atoms with Crippen LogP contribution in [0, 0.1) is 5.92 Å². The summed E-state index contributed by atoms with van der Waals surface area (Å²) in [5.41, 5.74) is 2.35. The number of rotatable bonds is 10. The number of benzene rings is 2. The van der Waals surface area contributed by atoms with Gasteiger partial charge in [0.25, 0.3) is 0 Å². The van der Waals surface area contributed by atoms with Crippen LogP contribution in [0.25, 0.3) is 0 Å². The molecule has 0 aromatic heterocycles. The highest BCUT2D eigenvalue weighted by atomic mass is 32.2. The van der Waals surface area contributed by atoms with E-state index >= 15 is 0 Å². The molecule has 2 aromatic carbocycles. The number of hydrogen-bond donors (Lipinski definition) is 5. The Hall–Kier alpha value is -2.79. The molecule has 0 spiro atoms. The fourth-order valence-corrected chi connectivity index (χ4v) is 4.97. The van der Waals surface area contributed by atoms with Crippen molar-refractivity contribution in [3.63, 3.8) is 0 Å². The van der Waals surface area contributed by atoms with Crippen molar-refractivity contribution in [3.05, 3.63) is 59.7 Å². The molecular weight excluding hydrogens is 458 g/mol. The summed E-state index contributed by atoms with van der Waals surface area (Å²) in [7, 11) is -3.88. The molecule has 1 aliphatic rings. The SMILES string of the molecule is CCC(=O)Nc1ccc(S(=O)(=O)NCC(O)CC(C)C(=O)NC2c3ccccc3CC2O)cc1. The third-order valence-electron chi connectivity index (χ3n) is 5.85. The number of sulfonamides is 1. The molecule has 10 heteroatoms. The Morgan fingerprint density at radius 1 is 1.12 bits per heavy atom. The number of anilines is 1. The summed E-state index contributed by atoms with van der Waals surface area (Å²) >= 11 is 0. The van der Waals surface area contributed by atoms with Crippen LogP contribution in [0.15, 0.2) is 53.4 Å². The minimum Gasteiger partial charge on any atom is -0.392 e. The van der Waals surface area contributed by atoms with Gasteiger partial charge in [0.05, 0.1) is 23.1 Å². The van der Waals surface area contributed by atoms with Gasteiger partial charge in [-0.3, -0.25) is 9.59 Å². The zero-order chi connectivity index (χ0) is 24.9. The molecule has 4 atom stereocenters. The molecule has 0 saturated carbocycles. The number of fused-ring (bicyclic) bond motifs is 1. The van der Waals surface area contributed by atoms with Crippen LogP contribution < -0.4 is 15.4 Å². The summed E-state index contributed by atoms with van der Waals surface area (Å²) in [4.78, 5) is 24.1. The van der Waals surface area contributed by atoms with E-state index < -0.39 is 34.2 Å². The van der Waals surface area contributed by atoms with Crippen molar-refractivity contribution >= 4 is 27.5 Å². The van der Waals surface area contributed by atoms with Crippen molar-refractivity contribution in [2.45, 2.75) is 56.3 Å². The number of hydrogen-bond acceptors (Lipinski definition) is 6. The van der Waals surface area contributed by atoms with Gasteiger partial charge in [0.1, 0.15) is 0 Å². The highest BCUT2D eigenvalue weighted by Crippen LogP contribution is 2.31. The first kappa shape index (κ1) is 25.8. The lowest BCUT2D eigenvalue weighted by Gasteiger charge is -2.22. The van der Waals surface area contributed by atoms with Gasteiger partial charge in [-0.05, 0) is 41.8 Å². The Labute approximate surface area is 199 Å². The predicted molar refractivity (Wildman–Crippen MR) is 127 cm³/mol. The zero-order valence-electron chi connectivity index (χ0n) is 19.2. The Morgan fingerprint density at radius 3 is 2.47 bits per heavy atom. The minimum atomic E-state index is -3.88. The van der Waals surface area contributed by atoms with Crippen molar-refractivity contribution in [3.8, 4) is 0 Å². The first-order valence-corrected chi connectivity index (χ1v) is 12.7. The number of carbonyl (C=O) groups excluding carboxylic acids is 2. The van der Waals surface area contributed by atoms with E-state index in [2.05, 4.69) is 15.4 Å². The van der Waals surface area contributed by atoms with E-state index in [1.54, 1.807) is 13.8 Å². The average Bonchev–Trinajstić information content (AvgIpc) is 3.13. The van der Waals surface area contributed by atoms with Gasteiger partial charge >= 0.3 is 0 Å². The second kappa shape index (κ2) is 11.1. The predicted octanol–water partition coefficient (Wildman–Crippen LogP) is 1.47. The van der Waals surface area contributed by atoms with Gasteiger partial charge in [0.2, 0.25) is 21.8 Å². The van der Waals surface area contributed by atoms with Crippen molar-refractivity contribution in [1.29, 1.82) is 0 Å². The van der Waals surface area contributed by atoms with Crippen LogP contribution in [-0.4, -0.2) is 49.2 Å². The van der Waals surface area contributed by atoms with E-state index in [-0.39, 0.29) is 29.7 Å². The van der Waals surface area contributed by atoms with Crippen LogP contribution in [0.2, 0.25) is 0 Å². The van der Waals surface area contributed by atoms with Crippen LogP contribution in [-0.2, 0) is 26.0 Å². The molecule has 0 radical (unpaired) electrons. The van der Waals surface area contributed by atoms with E-state index in [4.69, 9.17) is 0 Å². The summed E-state index contributed by atoms with van der Waals surface area (Å²) in [6.45, 7) is 3.09. The van der Waals surface area contributed by atoms with Gasteiger partial charge in [-0.2, -0.15) is 0 Å². The molecule has 9 nitrogen and oxygen atoms in total. The fourth-order valence-electron chi connectivity index (χ4n) is 3.90. The van der Waals surface area contributed by atoms with Crippen molar-refractivity contribution in [2.75, 3.05) is 11.9 Å². The lowest BCUT2D eigenvalue weighted by molar-refractivity contribution is -0.127. The second-order valence-electron chi connectivity index (χ2n) is 8.53. The lowest BCUT2D eigenvalue weighted by atomic mass is 10.0. The molecule has 34 heavy (non-hydrogen) atoms. The smallest absolute Gasteiger partial charge is 0.240 e. The zero-order valence-corrected chi connectivity index (χ0v) is 20.0. The van der Waals surface area contributed by atoms with E-state index in [0.717, 1.165) is 11.1 Å². The molecule has 1 aliphatic carbocycles. The summed E-state index contributed by atoms with van der Waals surface area (Å²) in [5, 5.41) is 26.1. The molecule has 0 saturated heterocycles. The molecule has 184 valence electrons. The molecule has 2 aromatic rings. The molecule has 4 unspecified atom stereocenters. The summed E-state index contributed by atoms with van der Waals surface area (Å²) < 4.78 is 27.4. The molecule has 3 rings (SSSR count). The van der Waals surface area contributed by atoms with Gasteiger partial charge in [0.15, 0.2) is 0 Å². The molecule has 0 aliphatic heterocycles. The topological polar surface area (TPSA) is 145 Å². The van der Waals surface area contributed by atoms with Gasteiger partial charge in [-0.1, -0.05) is 38.1 Å². The number of amides is 2. The third kappa shape index (κ3) is 6.41. The maximum atomic E-state index is 12.6. The van der Waals surface area contributed by atoms with Crippen molar-refractivity contribution in [1.82, 2.24) is 10.0 Å². The largest absolute Gasteiger partial charge is 0.392 e. The van der Waals surface area contributed by atoms with Gasteiger partial charge < -0.3 is 20.8 Å². The highest BCUT2D eigenvalue weighted by Gasteiger charge is 2.33. The Morgan fingerprint density at radius 2 is 1.79 bits per heavy atom. The third-order valence-corrected chi connectivity index (χ3v) is 7.29. The number of nitrogens with one attached hydrogen (secondary N) is 3. The molecule has 2 amide bonds. The normalized spacial score (nSPS) is 19.2. The molecular formula is C24H31N3O6S. The number of carbonyl (C=O) groups is 2. The van der Waals surface area contributed by atoms with Crippen LogP contribution in [0.4, 0.5) is 5.69 Å². The van der Waals surface area contributed by atoms with Crippen molar-refractivity contribution < 1.29 is 28.2 Å². The monoisotopic (exact) mass is 489 g/mol. The first-order valence-electron chi connectivity index (χ1n) is 11.2. The quantitative estimate of drug-likeness (QED) is 0.342. The Balaban J connectivity index is 1.50. The number of aliphatic hydroxyl groups is 2. The van der Waals surface area contributed by atoms with E-state index in [1.807, 2.05) is 24.3 Å². The highest BCUT2D eigenvalue weighted by molar-refractivity contribution is 7.89. The van der Waals surface area contributed by atoms with Crippen LogP contribution in [0.5, 0.6) is 0 Å². The lowest BCUT2D eigenvalue weighted by Crippen LogP contribution is -2.39. The average molecular weight is 490 g/mol. The van der Waals surface area contributed by atoms with E-state index in [0.29, 0.717) is 18.5 Å². The van der Waals surface area contributed by atoms with Crippen LogP contribution in [0.3, 0.4) is 0 Å². The van der Waals surface area contributed by atoms with Crippen LogP contribution >= 0.6 is 0 Å². The van der Waals surface area contributed by atoms with Crippen LogP contribution in [0.1, 0.15) is 43.9 Å². The second-order valence-corrected chi connectivity index (χ2v) is 10.3. The molecule has 5 N–H and O–H groups in total. The summed E-state index contributed by atoms with van der Waals surface area (Å²) in [6.07, 6.45) is -0.983. The van der Waals surface area contributed by atoms with Gasteiger partial charge in [0, 0.05) is 31.0 Å². The van der Waals surface area contributed by atoms with Gasteiger partial charge in [-0.25, -0.2) is 13.1 Å². The van der Waals surface area contributed by atoms with Crippen molar-refractivity contribution in [2.24, 2.45) is 5.92 Å². The summed E-state index contributed by atoms with van der Waals surface area (Å²) in [5.74, 6) is -1.10. The first-order chi connectivity index (χ1) is 16.1.